The summed E-state index contributed by atoms with van der Waals surface area (Å²) in [4.78, 5) is 24.0. The molecule has 1 atom stereocenters. The van der Waals surface area contributed by atoms with E-state index in [2.05, 4.69) is 21.2 Å². The van der Waals surface area contributed by atoms with Gasteiger partial charge in [-0.15, -0.1) is 11.3 Å². The number of hydrogen-bond donors (Lipinski definition) is 2. The Kier molecular flexibility index (Phi) is 4.92. The summed E-state index contributed by atoms with van der Waals surface area (Å²) < 4.78 is 0.961. The van der Waals surface area contributed by atoms with Crippen LogP contribution in [0.1, 0.15) is 25.6 Å². The van der Waals surface area contributed by atoms with Crippen molar-refractivity contribution < 1.29 is 14.7 Å². The van der Waals surface area contributed by atoms with Crippen LogP contribution in [0.15, 0.2) is 15.9 Å². The Balaban J connectivity index is 2.66. The summed E-state index contributed by atoms with van der Waals surface area (Å²) in [5, 5.41) is 13.7. The van der Waals surface area contributed by atoms with Gasteiger partial charge >= 0.3 is 5.97 Å². The lowest BCUT2D eigenvalue weighted by Gasteiger charge is -2.25. The molecule has 0 aliphatic carbocycles. The van der Waals surface area contributed by atoms with Crippen molar-refractivity contribution in [3.05, 3.63) is 20.8 Å². The van der Waals surface area contributed by atoms with Crippen molar-refractivity contribution in [1.82, 2.24) is 5.32 Å². The van der Waals surface area contributed by atoms with Crippen molar-refractivity contribution in [2.24, 2.45) is 11.3 Å². The second-order valence-corrected chi connectivity index (χ2v) is 7.00. The predicted molar refractivity (Wildman–Crippen MR) is 74.4 cm³/mol. The van der Waals surface area contributed by atoms with Crippen LogP contribution in [-0.2, 0) is 16.1 Å². The van der Waals surface area contributed by atoms with Crippen molar-refractivity contribution >= 4 is 39.1 Å². The Bertz CT molecular complexity index is 450. The van der Waals surface area contributed by atoms with Crippen molar-refractivity contribution in [1.29, 1.82) is 0 Å². The SMILES string of the molecule is CC(C)(C)C(C(=O)O)C(=O)NCc1cc(Br)cs1. The van der Waals surface area contributed by atoms with Crippen LogP contribution in [0.4, 0.5) is 0 Å². The zero-order valence-electron chi connectivity index (χ0n) is 10.5. The minimum atomic E-state index is -1.09. The van der Waals surface area contributed by atoms with Gasteiger partial charge in [0.2, 0.25) is 5.91 Å². The maximum atomic E-state index is 11.9. The van der Waals surface area contributed by atoms with Crippen LogP contribution in [0.5, 0.6) is 0 Å². The molecule has 0 aromatic carbocycles. The first kappa shape index (κ1) is 15.2. The van der Waals surface area contributed by atoms with Crippen LogP contribution in [-0.4, -0.2) is 17.0 Å². The molecule has 0 bridgehead atoms. The number of carbonyl (C=O) groups is 2. The van der Waals surface area contributed by atoms with Crippen LogP contribution in [0.25, 0.3) is 0 Å². The topological polar surface area (TPSA) is 66.4 Å². The van der Waals surface area contributed by atoms with E-state index < -0.39 is 23.2 Å². The number of halogens is 1. The minimum absolute atomic E-state index is 0.356. The van der Waals surface area contributed by atoms with Crippen molar-refractivity contribution in [2.45, 2.75) is 27.3 Å². The first-order chi connectivity index (χ1) is 8.21. The van der Waals surface area contributed by atoms with Crippen LogP contribution < -0.4 is 5.32 Å². The molecule has 1 aromatic rings. The predicted octanol–water partition coefficient (Wildman–Crippen LogP) is 2.87. The maximum absolute atomic E-state index is 11.9. The van der Waals surface area contributed by atoms with E-state index in [1.54, 1.807) is 20.8 Å². The Labute approximate surface area is 119 Å². The van der Waals surface area contributed by atoms with Crippen molar-refractivity contribution in [3.8, 4) is 0 Å². The van der Waals surface area contributed by atoms with Gasteiger partial charge in [0.15, 0.2) is 0 Å². The molecule has 1 unspecified atom stereocenters. The summed E-state index contributed by atoms with van der Waals surface area (Å²) in [7, 11) is 0. The molecule has 0 aliphatic heterocycles. The summed E-state index contributed by atoms with van der Waals surface area (Å²) >= 11 is 4.84. The molecular weight excluding hydrogens is 318 g/mol. The van der Waals surface area contributed by atoms with Gasteiger partial charge < -0.3 is 10.4 Å². The fourth-order valence-electron chi connectivity index (χ4n) is 1.60. The van der Waals surface area contributed by atoms with E-state index in [0.717, 1.165) is 9.35 Å². The van der Waals surface area contributed by atoms with Crippen LogP contribution in [0.3, 0.4) is 0 Å². The molecule has 0 spiro atoms. The van der Waals surface area contributed by atoms with Gasteiger partial charge in [-0.25, -0.2) is 0 Å². The Morgan fingerprint density at radius 3 is 2.50 bits per heavy atom. The smallest absolute Gasteiger partial charge is 0.316 e. The summed E-state index contributed by atoms with van der Waals surface area (Å²) in [5.74, 6) is -2.58. The van der Waals surface area contributed by atoms with Gasteiger partial charge in [0.25, 0.3) is 0 Å². The van der Waals surface area contributed by atoms with Crippen molar-refractivity contribution in [3.63, 3.8) is 0 Å². The largest absolute Gasteiger partial charge is 0.481 e. The Hall–Kier alpha value is -0.880. The average molecular weight is 334 g/mol. The Morgan fingerprint density at radius 1 is 1.50 bits per heavy atom. The molecule has 0 saturated heterocycles. The van der Waals surface area contributed by atoms with E-state index in [-0.39, 0.29) is 0 Å². The number of rotatable bonds is 4. The monoisotopic (exact) mass is 333 g/mol. The fraction of sp³-hybridized carbons (Fsp3) is 0.500. The standard InChI is InChI=1S/C12H16BrNO3S/c1-12(2,3)9(11(16)17)10(15)14-5-8-4-7(13)6-18-8/h4,6,9H,5H2,1-3H3,(H,14,15)(H,16,17). The molecule has 100 valence electrons. The molecule has 1 aromatic heterocycles. The minimum Gasteiger partial charge on any atom is -0.481 e. The zero-order chi connectivity index (χ0) is 13.9. The Morgan fingerprint density at radius 2 is 2.11 bits per heavy atom. The summed E-state index contributed by atoms with van der Waals surface area (Å²) in [6.07, 6.45) is 0. The quantitative estimate of drug-likeness (QED) is 0.832. The normalized spacial score (nSPS) is 13.1. The van der Waals surface area contributed by atoms with Gasteiger partial charge in [-0.3, -0.25) is 9.59 Å². The highest BCUT2D eigenvalue weighted by Crippen LogP contribution is 2.26. The van der Waals surface area contributed by atoms with Crippen LogP contribution in [0, 0.1) is 11.3 Å². The molecule has 4 nitrogen and oxygen atoms in total. The van der Waals surface area contributed by atoms with Gasteiger partial charge in [-0.05, 0) is 27.4 Å². The lowest BCUT2D eigenvalue weighted by Crippen LogP contribution is -2.42. The molecule has 1 heterocycles. The molecule has 1 rings (SSSR count). The van der Waals surface area contributed by atoms with Gasteiger partial charge in [0, 0.05) is 14.7 Å². The number of nitrogens with one attached hydrogen (secondary N) is 1. The lowest BCUT2D eigenvalue weighted by atomic mass is 9.80. The van der Waals surface area contributed by atoms with E-state index in [1.807, 2.05) is 11.4 Å². The van der Waals surface area contributed by atoms with E-state index in [9.17, 15) is 9.59 Å². The summed E-state index contributed by atoms with van der Waals surface area (Å²) in [6.45, 7) is 5.59. The molecule has 18 heavy (non-hydrogen) atoms. The highest BCUT2D eigenvalue weighted by atomic mass is 79.9. The highest BCUT2D eigenvalue weighted by Gasteiger charge is 2.37. The van der Waals surface area contributed by atoms with Gasteiger partial charge in [0.1, 0.15) is 5.92 Å². The van der Waals surface area contributed by atoms with E-state index >= 15 is 0 Å². The molecule has 0 radical (unpaired) electrons. The number of hydrogen-bond acceptors (Lipinski definition) is 3. The van der Waals surface area contributed by atoms with Gasteiger partial charge in [-0.2, -0.15) is 0 Å². The number of carboxylic acids is 1. The van der Waals surface area contributed by atoms with Crippen LogP contribution >= 0.6 is 27.3 Å². The summed E-state index contributed by atoms with van der Waals surface area (Å²) in [5.41, 5.74) is -0.605. The molecular formula is C12H16BrNO3S. The zero-order valence-corrected chi connectivity index (χ0v) is 12.9. The maximum Gasteiger partial charge on any atom is 0.316 e. The van der Waals surface area contributed by atoms with E-state index in [0.29, 0.717) is 6.54 Å². The lowest BCUT2D eigenvalue weighted by molar-refractivity contribution is -0.151. The third-order valence-electron chi connectivity index (χ3n) is 2.43. The number of aliphatic carboxylic acids is 1. The molecule has 0 saturated carbocycles. The van der Waals surface area contributed by atoms with Gasteiger partial charge in [0.05, 0.1) is 6.54 Å². The third kappa shape index (κ3) is 4.10. The molecule has 2 N–H and O–H groups in total. The number of amides is 1. The van der Waals surface area contributed by atoms with Gasteiger partial charge in [-0.1, -0.05) is 20.8 Å². The highest BCUT2D eigenvalue weighted by molar-refractivity contribution is 9.10. The first-order valence-corrected chi connectivity index (χ1v) is 7.12. The molecule has 0 fully saturated rings. The fourth-order valence-corrected chi connectivity index (χ4v) is 2.99. The third-order valence-corrected chi connectivity index (χ3v) is 4.13. The van der Waals surface area contributed by atoms with Crippen LogP contribution in [0.2, 0.25) is 0 Å². The van der Waals surface area contributed by atoms with E-state index in [1.165, 1.54) is 11.3 Å². The van der Waals surface area contributed by atoms with Crippen molar-refractivity contribution in [2.75, 3.05) is 0 Å². The molecule has 0 aliphatic rings. The second kappa shape index (κ2) is 5.84. The molecule has 1 amide bonds. The number of carboxylic acid groups (broad SMARTS) is 1. The number of thiophene rings is 1. The number of carbonyl (C=O) groups excluding carboxylic acids is 1. The summed E-state index contributed by atoms with van der Waals surface area (Å²) in [6, 6.07) is 1.90. The second-order valence-electron chi connectivity index (χ2n) is 5.09. The average Bonchev–Trinajstić information content (AvgIpc) is 2.58. The molecule has 6 heteroatoms. The first-order valence-electron chi connectivity index (χ1n) is 5.45. The van der Waals surface area contributed by atoms with E-state index in [4.69, 9.17) is 5.11 Å².